The van der Waals surface area contributed by atoms with Crippen molar-refractivity contribution < 1.29 is 4.79 Å². The number of amides is 1. The first kappa shape index (κ1) is 20.5. The van der Waals surface area contributed by atoms with E-state index in [9.17, 15) is 4.79 Å². The molecule has 1 amide bonds. The quantitative estimate of drug-likeness (QED) is 0.650. The van der Waals surface area contributed by atoms with Crippen molar-refractivity contribution >= 4 is 17.5 Å². The number of carbonyl (C=O) groups excluding carboxylic acids is 1. The van der Waals surface area contributed by atoms with Crippen LogP contribution in [0.5, 0.6) is 0 Å². The maximum Gasteiger partial charge on any atom is 0.256 e. The standard InChI is InChI=1S/C23H27N5O/c1-16(2)20-7-5-6-17(3)21(20)27-23-25-14-19(15-26-23)22(29)28(4)13-10-18-8-11-24-12-9-18/h5-9,11-12,14-16H,10,13H2,1-4H3,(H,25,26,27). The minimum atomic E-state index is -0.0932. The van der Waals surface area contributed by atoms with Gasteiger partial charge in [-0.1, -0.05) is 32.0 Å². The van der Waals surface area contributed by atoms with Gasteiger partial charge in [-0.2, -0.15) is 0 Å². The average Bonchev–Trinajstić information content (AvgIpc) is 2.74. The van der Waals surface area contributed by atoms with Crippen LogP contribution in [0, 0.1) is 6.92 Å². The molecule has 6 nitrogen and oxygen atoms in total. The highest BCUT2D eigenvalue weighted by atomic mass is 16.2. The summed E-state index contributed by atoms with van der Waals surface area (Å²) in [6, 6.07) is 10.1. The van der Waals surface area contributed by atoms with Crippen LogP contribution in [-0.2, 0) is 6.42 Å². The number of para-hydroxylation sites is 1. The van der Waals surface area contributed by atoms with Crippen molar-refractivity contribution in [3.63, 3.8) is 0 Å². The highest BCUT2D eigenvalue weighted by Gasteiger charge is 2.14. The van der Waals surface area contributed by atoms with Gasteiger partial charge < -0.3 is 10.2 Å². The second-order valence-electron chi connectivity index (χ2n) is 7.45. The van der Waals surface area contributed by atoms with E-state index in [0.29, 0.717) is 24.0 Å². The normalized spacial score (nSPS) is 10.8. The molecule has 1 N–H and O–H groups in total. The summed E-state index contributed by atoms with van der Waals surface area (Å²) in [5, 5.41) is 3.31. The molecule has 150 valence electrons. The van der Waals surface area contributed by atoms with E-state index in [4.69, 9.17) is 0 Å². The second kappa shape index (κ2) is 9.28. The predicted octanol–water partition coefficient (Wildman–Crippen LogP) is 4.36. The third-order valence-electron chi connectivity index (χ3n) is 4.89. The monoisotopic (exact) mass is 389 g/mol. The maximum absolute atomic E-state index is 12.6. The lowest BCUT2D eigenvalue weighted by Crippen LogP contribution is -2.29. The lowest BCUT2D eigenvalue weighted by atomic mass is 9.98. The Kier molecular flexibility index (Phi) is 6.54. The van der Waals surface area contributed by atoms with E-state index < -0.39 is 0 Å². The summed E-state index contributed by atoms with van der Waals surface area (Å²) in [5.74, 6) is 0.772. The smallest absolute Gasteiger partial charge is 0.256 e. The molecule has 0 radical (unpaired) electrons. The van der Waals surface area contributed by atoms with E-state index in [1.54, 1.807) is 36.7 Å². The molecule has 0 spiro atoms. The first-order valence-corrected chi connectivity index (χ1v) is 9.78. The first-order chi connectivity index (χ1) is 14.0. The van der Waals surface area contributed by atoms with E-state index in [0.717, 1.165) is 23.2 Å². The van der Waals surface area contributed by atoms with Crippen LogP contribution in [0.15, 0.2) is 55.1 Å². The predicted molar refractivity (Wildman–Crippen MR) is 115 cm³/mol. The van der Waals surface area contributed by atoms with Crippen molar-refractivity contribution in [3.8, 4) is 0 Å². The van der Waals surface area contributed by atoms with Crippen molar-refractivity contribution in [2.45, 2.75) is 33.1 Å². The van der Waals surface area contributed by atoms with Crippen molar-refractivity contribution in [2.24, 2.45) is 0 Å². The molecular formula is C23H27N5O. The van der Waals surface area contributed by atoms with Gasteiger partial charge in [0.25, 0.3) is 5.91 Å². The fraction of sp³-hybridized carbons (Fsp3) is 0.304. The van der Waals surface area contributed by atoms with Crippen LogP contribution < -0.4 is 5.32 Å². The number of nitrogens with one attached hydrogen (secondary N) is 1. The average molecular weight is 390 g/mol. The molecule has 3 aromatic rings. The number of hydrogen-bond donors (Lipinski definition) is 1. The zero-order valence-electron chi connectivity index (χ0n) is 17.4. The summed E-state index contributed by atoms with van der Waals surface area (Å²) < 4.78 is 0. The molecule has 1 aromatic carbocycles. The van der Waals surface area contributed by atoms with E-state index >= 15 is 0 Å². The number of aromatic nitrogens is 3. The molecule has 6 heteroatoms. The molecule has 0 unspecified atom stereocenters. The highest BCUT2D eigenvalue weighted by Crippen LogP contribution is 2.29. The van der Waals surface area contributed by atoms with Gasteiger partial charge in [0.1, 0.15) is 0 Å². The number of carbonyl (C=O) groups is 1. The number of pyridine rings is 1. The number of aryl methyl sites for hydroxylation is 1. The molecule has 2 aromatic heterocycles. The number of anilines is 2. The fourth-order valence-corrected chi connectivity index (χ4v) is 3.13. The van der Waals surface area contributed by atoms with Gasteiger partial charge in [0.05, 0.1) is 5.56 Å². The van der Waals surface area contributed by atoms with Crippen LogP contribution in [0.25, 0.3) is 0 Å². The Morgan fingerprint density at radius 1 is 1.10 bits per heavy atom. The number of rotatable bonds is 7. The Morgan fingerprint density at radius 3 is 2.45 bits per heavy atom. The third kappa shape index (κ3) is 5.16. The van der Waals surface area contributed by atoms with Crippen molar-refractivity contribution in [1.82, 2.24) is 19.9 Å². The first-order valence-electron chi connectivity index (χ1n) is 9.78. The highest BCUT2D eigenvalue weighted by molar-refractivity contribution is 5.93. The lowest BCUT2D eigenvalue weighted by molar-refractivity contribution is 0.0796. The summed E-state index contributed by atoms with van der Waals surface area (Å²) in [4.78, 5) is 27.1. The minimum absolute atomic E-state index is 0.0932. The van der Waals surface area contributed by atoms with Gasteiger partial charge in [0.15, 0.2) is 0 Å². The van der Waals surface area contributed by atoms with Crippen LogP contribution in [-0.4, -0.2) is 39.4 Å². The molecule has 0 saturated carbocycles. The van der Waals surface area contributed by atoms with Gasteiger partial charge in [-0.05, 0) is 48.1 Å². The molecule has 0 aliphatic heterocycles. The number of hydrogen-bond acceptors (Lipinski definition) is 5. The van der Waals surface area contributed by atoms with Gasteiger partial charge >= 0.3 is 0 Å². The molecular weight excluding hydrogens is 362 g/mol. The molecule has 0 aliphatic carbocycles. The molecule has 0 bridgehead atoms. The molecule has 0 fully saturated rings. The minimum Gasteiger partial charge on any atom is -0.341 e. The summed E-state index contributed by atoms with van der Waals surface area (Å²) >= 11 is 0. The number of nitrogens with zero attached hydrogens (tertiary/aromatic N) is 4. The summed E-state index contributed by atoms with van der Waals surface area (Å²) in [6.45, 7) is 6.99. The molecule has 3 rings (SSSR count). The second-order valence-corrected chi connectivity index (χ2v) is 7.45. The van der Waals surface area contributed by atoms with Crippen molar-refractivity contribution in [2.75, 3.05) is 18.9 Å². The summed E-state index contributed by atoms with van der Waals surface area (Å²) in [5.41, 5.74) is 4.99. The van der Waals surface area contributed by atoms with Crippen LogP contribution in [0.4, 0.5) is 11.6 Å². The zero-order chi connectivity index (χ0) is 20.8. The largest absolute Gasteiger partial charge is 0.341 e. The van der Waals surface area contributed by atoms with E-state index in [1.807, 2.05) is 12.1 Å². The SMILES string of the molecule is Cc1cccc(C(C)C)c1Nc1ncc(C(=O)N(C)CCc2ccncc2)cn1. The Morgan fingerprint density at radius 2 is 1.79 bits per heavy atom. The van der Waals surface area contributed by atoms with E-state index in [1.165, 1.54) is 5.56 Å². The third-order valence-corrected chi connectivity index (χ3v) is 4.89. The fourth-order valence-electron chi connectivity index (χ4n) is 3.13. The zero-order valence-corrected chi connectivity index (χ0v) is 17.4. The Labute approximate surface area is 172 Å². The van der Waals surface area contributed by atoms with Gasteiger partial charge in [0, 0.05) is 44.1 Å². The Balaban J connectivity index is 1.66. The Bertz CT molecular complexity index is 955. The van der Waals surface area contributed by atoms with Gasteiger partial charge in [-0.3, -0.25) is 9.78 Å². The van der Waals surface area contributed by atoms with Crippen LogP contribution in [0.2, 0.25) is 0 Å². The molecule has 0 atom stereocenters. The van der Waals surface area contributed by atoms with Crippen LogP contribution in [0.3, 0.4) is 0 Å². The van der Waals surface area contributed by atoms with E-state index in [-0.39, 0.29) is 5.91 Å². The Hall–Kier alpha value is -3.28. The maximum atomic E-state index is 12.6. The van der Waals surface area contributed by atoms with Crippen LogP contribution in [0.1, 0.15) is 46.8 Å². The number of benzene rings is 1. The van der Waals surface area contributed by atoms with Gasteiger partial charge in [-0.15, -0.1) is 0 Å². The lowest BCUT2D eigenvalue weighted by Gasteiger charge is -2.18. The van der Waals surface area contributed by atoms with Gasteiger partial charge in [0.2, 0.25) is 5.95 Å². The molecule has 29 heavy (non-hydrogen) atoms. The topological polar surface area (TPSA) is 71.0 Å². The van der Waals surface area contributed by atoms with Crippen LogP contribution >= 0.6 is 0 Å². The number of likely N-dealkylation sites (N-methyl/N-ethyl adjacent to an activating group) is 1. The molecule has 2 heterocycles. The van der Waals surface area contributed by atoms with E-state index in [2.05, 4.69) is 59.2 Å². The summed E-state index contributed by atoms with van der Waals surface area (Å²) in [6.07, 6.45) is 7.45. The summed E-state index contributed by atoms with van der Waals surface area (Å²) in [7, 11) is 1.79. The van der Waals surface area contributed by atoms with Gasteiger partial charge in [-0.25, -0.2) is 9.97 Å². The molecule has 0 aliphatic rings. The van der Waals surface area contributed by atoms with Crippen molar-refractivity contribution in [3.05, 3.63) is 77.4 Å². The molecule has 0 saturated heterocycles. The van der Waals surface area contributed by atoms with Crippen molar-refractivity contribution in [1.29, 1.82) is 0 Å².